The molecule has 2 unspecified atom stereocenters. The largest absolute Gasteiger partial charge is 0.313 e. The first-order chi connectivity index (χ1) is 8.63. The van der Waals surface area contributed by atoms with Crippen molar-refractivity contribution in [3.63, 3.8) is 0 Å². The van der Waals surface area contributed by atoms with Crippen LogP contribution in [0.15, 0.2) is 0 Å². The maximum Gasteiger partial charge on any atom is 0.0159 e. The van der Waals surface area contributed by atoms with Crippen molar-refractivity contribution in [1.82, 2.24) is 10.2 Å². The van der Waals surface area contributed by atoms with Crippen molar-refractivity contribution in [2.75, 3.05) is 26.2 Å². The predicted molar refractivity (Wildman–Crippen MR) is 78.9 cm³/mol. The van der Waals surface area contributed by atoms with Crippen LogP contribution in [0.2, 0.25) is 0 Å². The molecule has 0 aromatic heterocycles. The summed E-state index contributed by atoms with van der Waals surface area (Å²) < 4.78 is 0. The molecular formula is C16H32N2. The van der Waals surface area contributed by atoms with E-state index >= 15 is 0 Å². The number of rotatable bonds is 5. The molecule has 0 bridgehead atoms. The maximum atomic E-state index is 3.83. The molecule has 2 fully saturated rings. The Morgan fingerprint density at radius 2 is 1.89 bits per heavy atom. The van der Waals surface area contributed by atoms with E-state index in [4.69, 9.17) is 0 Å². The molecular weight excluding hydrogens is 220 g/mol. The van der Waals surface area contributed by atoms with Crippen LogP contribution in [0.3, 0.4) is 0 Å². The normalized spacial score (nSPS) is 32.8. The minimum atomic E-state index is 0.496. The van der Waals surface area contributed by atoms with Crippen LogP contribution in [0.5, 0.6) is 0 Å². The van der Waals surface area contributed by atoms with Gasteiger partial charge >= 0.3 is 0 Å². The Morgan fingerprint density at radius 3 is 2.56 bits per heavy atom. The minimum absolute atomic E-state index is 0.496. The molecule has 2 atom stereocenters. The summed E-state index contributed by atoms with van der Waals surface area (Å²) in [6.45, 7) is 12.4. The number of hydrogen-bond acceptors (Lipinski definition) is 2. The quantitative estimate of drug-likeness (QED) is 0.808. The van der Waals surface area contributed by atoms with Crippen LogP contribution < -0.4 is 5.32 Å². The van der Waals surface area contributed by atoms with Gasteiger partial charge in [-0.15, -0.1) is 0 Å². The molecule has 0 radical (unpaired) electrons. The van der Waals surface area contributed by atoms with Gasteiger partial charge in [0.1, 0.15) is 0 Å². The Balaban J connectivity index is 1.89. The predicted octanol–water partition coefficient (Wildman–Crippen LogP) is 3.28. The fourth-order valence-corrected chi connectivity index (χ4v) is 3.93. The Labute approximate surface area is 114 Å². The molecule has 1 N–H and O–H groups in total. The van der Waals surface area contributed by atoms with Gasteiger partial charge in [-0.1, -0.05) is 27.2 Å². The summed E-state index contributed by atoms with van der Waals surface area (Å²) in [6.07, 6.45) is 8.36. The Kier molecular flexibility index (Phi) is 5.08. The molecule has 1 heterocycles. The number of hydrogen-bond donors (Lipinski definition) is 1. The van der Waals surface area contributed by atoms with Gasteiger partial charge in [0.05, 0.1) is 0 Å². The van der Waals surface area contributed by atoms with E-state index in [9.17, 15) is 0 Å². The van der Waals surface area contributed by atoms with Crippen LogP contribution in [0.25, 0.3) is 0 Å². The van der Waals surface area contributed by atoms with Crippen molar-refractivity contribution in [2.45, 2.75) is 65.3 Å². The molecule has 18 heavy (non-hydrogen) atoms. The van der Waals surface area contributed by atoms with Crippen LogP contribution in [0.4, 0.5) is 0 Å². The highest BCUT2D eigenvalue weighted by atomic mass is 15.1. The molecule has 0 aromatic carbocycles. The molecule has 0 spiro atoms. The van der Waals surface area contributed by atoms with Crippen molar-refractivity contribution in [2.24, 2.45) is 11.3 Å². The summed E-state index contributed by atoms with van der Waals surface area (Å²) >= 11 is 0. The fourth-order valence-electron chi connectivity index (χ4n) is 3.93. The van der Waals surface area contributed by atoms with Crippen molar-refractivity contribution < 1.29 is 0 Å². The van der Waals surface area contributed by atoms with Crippen LogP contribution in [0, 0.1) is 11.3 Å². The van der Waals surface area contributed by atoms with Gasteiger partial charge in [0, 0.05) is 12.6 Å². The summed E-state index contributed by atoms with van der Waals surface area (Å²) in [5, 5.41) is 3.83. The third-order valence-corrected chi connectivity index (χ3v) is 5.03. The van der Waals surface area contributed by atoms with E-state index in [2.05, 4.69) is 31.0 Å². The lowest BCUT2D eigenvalue weighted by atomic mass is 9.84. The molecule has 2 heteroatoms. The highest BCUT2D eigenvalue weighted by molar-refractivity contribution is 4.97. The molecule has 0 aromatic rings. The molecule has 106 valence electrons. The van der Waals surface area contributed by atoms with Gasteiger partial charge in [-0.05, 0) is 63.1 Å². The minimum Gasteiger partial charge on any atom is -0.313 e. The maximum absolute atomic E-state index is 3.83. The molecule has 2 nitrogen and oxygen atoms in total. The average Bonchev–Trinajstić information content (AvgIpc) is 2.64. The van der Waals surface area contributed by atoms with Gasteiger partial charge in [-0.2, -0.15) is 0 Å². The molecule has 1 aliphatic heterocycles. The van der Waals surface area contributed by atoms with E-state index in [0.717, 1.165) is 12.0 Å². The summed E-state index contributed by atoms with van der Waals surface area (Å²) in [7, 11) is 0. The summed E-state index contributed by atoms with van der Waals surface area (Å²) in [4.78, 5) is 2.72. The molecule has 1 saturated heterocycles. The Morgan fingerprint density at radius 1 is 1.17 bits per heavy atom. The smallest absolute Gasteiger partial charge is 0.0159 e. The summed E-state index contributed by atoms with van der Waals surface area (Å²) in [6, 6.07) is 0.736. The number of nitrogens with one attached hydrogen (secondary N) is 1. The van der Waals surface area contributed by atoms with E-state index in [1.54, 1.807) is 0 Å². The zero-order valence-corrected chi connectivity index (χ0v) is 12.7. The van der Waals surface area contributed by atoms with Crippen molar-refractivity contribution in [3.05, 3.63) is 0 Å². The molecule has 1 saturated carbocycles. The van der Waals surface area contributed by atoms with Gasteiger partial charge in [0.2, 0.25) is 0 Å². The lowest BCUT2D eigenvalue weighted by Gasteiger charge is -2.35. The molecule has 2 aliphatic rings. The van der Waals surface area contributed by atoms with Crippen LogP contribution in [-0.4, -0.2) is 37.1 Å². The lowest BCUT2D eigenvalue weighted by Crippen LogP contribution is -2.46. The van der Waals surface area contributed by atoms with E-state index in [-0.39, 0.29) is 0 Å². The average molecular weight is 252 g/mol. The van der Waals surface area contributed by atoms with Gasteiger partial charge in [0.15, 0.2) is 0 Å². The Bertz CT molecular complexity index is 243. The Hall–Kier alpha value is -0.0800. The first kappa shape index (κ1) is 14.3. The van der Waals surface area contributed by atoms with Crippen molar-refractivity contribution >= 4 is 0 Å². The SMILES string of the molecule is CCCNC1C(CN2CCCCC2)CCC1(C)C. The lowest BCUT2D eigenvalue weighted by molar-refractivity contribution is 0.163. The van der Waals surface area contributed by atoms with E-state index in [0.29, 0.717) is 5.41 Å². The monoisotopic (exact) mass is 252 g/mol. The molecule has 0 amide bonds. The summed E-state index contributed by atoms with van der Waals surface area (Å²) in [5.41, 5.74) is 0.496. The van der Waals surface area contributed by atoms with E-state index in [1.165, 1.54) is 64.7 Å². The zero-order valence-electron chi connectivity index (χ0n) is 12.7. The second kappa shape index (κ2) is 6.38. The fraction of sp³-hybridized carbons (Fsp3) is 1.00. The third-order valence-electron chi connectivity index (χ3n) is 5.03. The number of piperidine rings is 1. The summed E-state index contributed by atoms with van der Waals surface area (Å²) in [5.74, 6) is 0.879. The van der Waals surface area contributed by atoms with Gasteiger partial charge in [0.25, 0.3) is 0 Å². The second-order valence-electron chi connectivity index (χ2n) is 7.08. The van der Waals surface area contributed by atoms with E-state index in [1.807, 2.05) is 0 Å². The highest BCUT2D eigenvalue weighted by Gasteiger charge is 2.41. The van der Waals surface area contributed by atoms with Crippen molar-refractivity contribution in [3.8, 4) is 0 Å². The van der Waals surface area contributed by atoms with Crippen LogP contribution >= 0.6 is 0 Å². The van der Waals surface area contributed by atoms with Gasteiger partial charge < -0.3 is 10.2 Å². The first-order valence-electron chi connectivity index (χ1n) is 8.09. The van der Waals surface area contributed by atoms with Gasteiger partial charge in [-0.25, -0.2) is 0 Å². The van der Waals surface area contributed by atoms with Crippen LogP contribution in [-0.2, 0) is 0 Å². The van der Waals surface area contributed by atoms with Gasteiger partial charge in [-0.3, -0.25) is 0 Å². The van der Waals surface area contributed by atoms with Crippen LogP contribution in [0.1, 0.15) is 59.3 Å². The molecule has 2 rings (SSSR count). The standard InChI is InChI=1S/C16H32N2/c1-4-10-17-15-14(8-9-16(15,2)3)13-18-11-6-5-7-12-18/h14-15,17H,4-13H2,1-3H3. The first-order valence-corrected chi connectivity index (χ1v) is 8.09. The third kappa shape index (κ3) is 3.48. The molecule has 1 aliphatic carbocycles. The second-order valence-corrected chi connectivity index (χ2v) is 7.08. The highest BCUT2D eigenvalue weighted by Crippen LogP contribution is 2.41. The zero-order chi connectivity index (χ0) is 13.0. The topological polar surface area (TPSA) is 15.3 Å². The number of nitrogens with zero attached hydrogens (tertiary/aromatic N) is 1. The number of likely N-dealkylation sites (tertiary alicyclic amines) is 1. The van der Waals surface area contributed by atoms with E-state index < -0.39 is 0 Å². The van der Waals surface area contributed by atoms with Crippen molar-refractivity contribution in [1.29, 1.82) is 0 Å².